The lowest BCUT2D eigenvalue weighted by Gasteiger charge is -2.38. The summed E-state index contributed by atoms with van der Waals surface area (Å²) in [7, 11) is -3.90. The van der Waals surface area contributed by atoms with E-state index in [-0.39, 0.29) is 23.7 Å². The van der Waals surface area contributed by atoms with Gasteiger partial charge in [0.05, 0.1) is 16.5 Å². The molecule has 0 unspecified atom stereocenters. The molecule has 134 valence electrons. The van der Waals surface area contributed by atoms with Crippen molar-refractivity contribution in [1.82, 2.24) is 4.72 Å². The van der Waals surface area contributed by atoms with Crippen LogP contribution < -0.4 is 4.72 Å². The predicted octanol–water partition coefficient (Wildman–Crippen LogP) is 3.40. The van der Waals surface area contributed by atoms with Gasteiger partial charge in [0, 0.05) is 0 Å². The highest BCUT2D eigenvalue weighted by Crippen LogP contribution is 2.29. The molecule has 4 nitrogen and oxygen atoms in total. The van der Waals surface area contributed by atoms with Gasteiger partial charge in [0.1, 0.15) is 5.82 Å². The first-order chi connectivity index (χ1) is 11.2. The minimum Gasteiger partial charge on any atom is -0.388 e. The van der Waals surface area contributed by atoms with Gasteiger partial charge in [0.2, 0.25) is 10.0 Å². The number of aliphatic hydroxyl groups is 1. The van der Waals surface area contributed by atoms with Crippen LogP contribution in [0, 0.1) is 11.7 Å². The molecule has 0 spiro atoms. The Hall–Kier alpha value is -1.50. The Morgan fingerprint density at radius 1 is 1.25 bits per heavy atom. The van der Waals surface area contributed by atoms with Crippen LogP contribution in [0.25, 0.3) is 0 Å². The second kappa shape index (κ2) is 8.55. The number of hydrogen-bond donors (Lipinski definition) is 2. The molecule has 0 saturated heterocycles. The van der Waals surface area contributed by atoms with Gasteiger partial charge < -0.3 is 5.11 Å². The normalized spacial score (nSPS) is 14.8. The maximum atomic E-state index is 13.0. The molecule has 1 rings (SSSR count). The van der Waals surface area contributed by atoms with Crippen molar-refractivity contribution in [2.45, 2.75) is 49.6 Å². The molecule has 0 aliphatic heterocycles. The van der Waals surface area contributed by atoms with E-state index in [4.69, 9.17) is 0 Å². The molecule has 24 heavy (non-hydrogen) atoms. The molecule has 6 heteroatoms. The fraction of sp³-hybridized carbons (Fsp3) is 0.444. The topological polar surface area (TPSA) is 66.4 Å². The Morgan fingerprint density at radius 3 is 2.17 bits per heavy atom. The first kappa shape index (κ1) is 20.5. The second-order valence-electron chi connectivity index (χ2n) is 6.03. The smallest absolute Gasteiger partial charge is 0.240 e. The standard InChI is InChI=1S/C18H26FNO3S/c1-5-12-18(21,13-6-2)17(14(4)7-3)20-24(22,23)16-10-8-15(19)9-11-16/h5-6,8-11,14,17,20-21H,1-2,7,12-13H2,3-4H3/t14-,17-/m0/s1. The van der Waals surface area contributed by atoms with Gasteiger partial charge in [-0.15, -0.1) is 13.2 Å². The van der Waals surface area contributed by atoms with Gasteiger partial charge in [-0.05, 0) is 43.0 Å². The number of halogens is 1. The number of sulfonamides is 1. The van der Waals surface area contributed by atoms with Crippen LogP contribution in [0.5, 0.6) is 0 Å². The minimum atomic E-state index is -3.90. The Morgan fingerprint density at radius 2 is 1.75 bits per heavy atom. The van der Waals surface area contributed by atoms with E-state index in [1.807, 2.05) is 13.8 Å². The molecular formula is C18H26FNO3S. The third-order valence-corrected chi connectivity index (χ3v) is 5.65. The van der Waals surface area contributed by atoms with Crippen LogP contribution in [0.3, 0.4) is 0 Å². The van der Waals surface area contributed by atoms with E-state index in [0.717, 1.165) is 12.1 Å². The molecule has 2 atom stereocenters. The number of nitrogens with one attached hydrogen (secondary N) is 1. The van der Waals surface area contributed by atoms with Crippen LogP contribution >= 0.6 is 0 Å². The van der Waals surface area contributed by atoms with Gasteiger partial charge in [-0.1, -0.05) is 32.4 Å². The highest BCUT2D eigenvalue weighted by atomic mass is 32.2. The SMILES string of the molecule is C=CCC(O)(CC=C)[C@@H](NS(=O)(=O)c1ccc(F)cc1)[C@@H](C)CC. The third kappa shape index (κ3) is 5.00. The number of benzene rings is 1. The molecule has 0 aliphatic rings. The lowest BCUT2D eigenvalue weighted by atomic mass is 9.80. The van der Waals surface area contributed by atoms with E-state index in [9.17, 15) is 17.9 Å². The second-order valence-corrected chi connectivity index (χ2v) is 7.74. The van der Waals surface area contributed by atoms with Crippen LogP contribution in [0.15, 0.2) is 54.5 Å². The minimum absolute atomic E-state index is 0.0447. The average Bonchev–Trinajstić information content (AvgIpc) is 2.53. The lowest BCUT2D eigenvalue weighted by molar-refractivity contribution is -0.00403. The molecule has 0 heterocycles. The van der Waals surface area contributed by atoms with Crippen LogP contribution in [-0.4, -0.2) is 25.2 Å². The van der Waals surface area contributed by atoms with Gasteiger partial charge in [0.25, 0.3) is 0 Å². The molecule has 0 aliphatic carbocycles. The first-order valence-electron chi connectivity index (χ1n) is 7.92. The van der Waals surface area contributed by atoms with E-state index in [1.54, 1.807) is 12.2 Å². The van der Waals surface area contributed by atoms with Crippen molar-refractivity contribution >= 4 is 10.0 Å². The average molecular weight is 355 g/mol. The summed E-state index contributed by atoms with van der Waals surface area (Å²) in [4.78, 5) is -0.0447. The summed E-state index contributed by atoms with van der Waals surface area (Å²) in [5.74, 6) is -0.632. The zero-order valence-corrected chi connectivity index (χ0v) is 15.0. The fourth-order valence-corrected chi connectivity index (χ4v) is 4.09. The van der Waals surface area contributed by atoms with Gasteiger partial charge >= 0.3 is 0 Å². The Kier molecular flexibility index (Phi) is 7.32. The van der Waals surface area contributed by atoms with Crippen LogP contribution in [0.1, 0.15) is 33.1 Å². The monoisotopic (exact) mass is 355 g/mol. The van der Waals surface area contributed by atoms with Crippen molar-refractivity contribution in [1.29, 1.82) is 0 Å². The van der Waals surface area contributed by atoms with Gasteiger partial charge in [-0.25, -0.2) is 17.5 Å². The van der Waals surface area contributed by atoms with Crippen molar-refractivity contribution in [3.05, 3.63) is 55.4 Å². The van der Waals surface area contributed by atoms with Crippen LogP contribution in [-0.2, 0) is 10.0 Å². The summed E-state index contributed by atoms with van der Waals surface area (Å²) in [5.41, 5.74) is -1.33. The Labute approximate surface area is 144 Å². The van der Waals surface area contributed by atoms with Gasteiger partial charge in [0.15, 0.2) is 0 Å². The van der Waals surface area contributed by atoms with Gasteiger partial charge in [-0.3, -0.25) is 0 Å². The fourth-order valence-electron chi connectivity index (χ4n) is 2.68. The van der Waals surface area contributed by atoms with Crippen molar-refractivity contribution in [3.63, 3.8) is 0 Å². The van der Waals surface area contributed by atoms with Gasteiger partial charge in [-0.2, -0.15) is 0 Å². The summed E-state index contributed by atoms with van der Waals surface area (Å²) in [6, 6.07) is 3.85. The largest absolute Gasteiger partial charge is 0.388 e. The molecule has 0 amide bonds. The lowest BCUT2D eigenvalue weighted by Crippen LogP contribution is -2.55. The molecule has 0 radical (unpaired) electrons. The van der Waals surface area contributed by atoms with E-state index >= 15 is 0 Å². The maximum Gasteiger partial charge on any atom is 0.240 e. The van der Waals surface area contributed by atoms with Crippen molar-refractivity contribution in [3.8, 4) is 0 Å². The highest BCUT2D eigenvalue weighted by molar-refractivity contribution is 7.89. The molecule has 0 saturated carbocycles. The van der Waals surface area contributed by atoms with E-state index < -0.39 is 27.5 Å². The summed E-state index contributed by atoms with van der Waals surface area (Å²) in [6.07, 6.45) is 4.24. The third-order valence-electron chi connectivity index (χ3n) is 4.19. The Balaban J connectivity index is 3.23. The van der Waals surface area contributed by atoms with E-state index in [2.05, 4.69) is 17.9 Å². The predicted molar refractivity (Wildman–Crippen MR) is 94.5 cm³/mol. The summed E-state index contributed by atoms with van der Waals surface area (Å²) >= 11 is 0. The highest BCUT2D eigenvalue weighted by Gasteiger charge is 2.40. The van der Waals surface area contributed by atoms with Crippen molar-refractivity contribution in [2.75, 3.05) is 0 Å². The molecule has 1 aromatic carbocycles. The zero-order valence-electron chi connectivity index (χ0n) is 14.2. The molecule has 0 bridgehead atoms. The molecule has 0 aromatic heterocycles. The van der Waals surface area contributed by atoms with E-state index in [1.165, 1.54) is 12.1 Å². The number of hydrogen-bond acceptors (Lipinski definition) is 3. The summed E-state index contributed by atoms with van der Waals surface area (Å²) < 4.78 is 40.9. The first-order valence-corrected chi connectivity index (χ1v) is 9.40. The summed E-state index contributed by atoms with van der Waals surface area (Å²) in [5, 5.41) is 11.0. The molecule has 1 aromatic rings. The Bertz CT molecular complexity index is 645. The quantitative estimate of drug-likeness (QED) is 0.632. The number of rotatable bonds is 10. The molecule has 0 fully saturated rings. The summed E-state index contributed by atoms with van der Waals surface area (Å²) in [6.45, 7) is 11.1. The zero-order chi connectivity index (χ0) is 18.4. The molecule has 2 N–H and O–H groups in total. The van der Waals surface area contributed by atoms with Crippen molar-refractivity contribution in [2.24, 2.45) is 5.92 Å². The van der Waals surface area contributed by atoms with E-state index in [0.29, 0.717) is 6.42 Å². The molecular weight excluding hydrogens is 329 g/mol. The van der Waals surface area contributed by atoms with Crippen LogP contribution in [0.2, 0.25) is 0 Å². The van der Waals surface area contributed by atoms with Crippen LogP contribution in [0.4, 0.5) is 4.39 Å². The maximum absolute atomic E-state index is 13.0. The van der Waals surface area contributed by atoms with Crippen molar-refractivity contribution < 1.29 is 17.9 Å².